The van der Waals surface area contributed by atoms with Crippen molar-refractivity contribution in [2.75, 3.05) is 26.2 Å². The number of hydrogen-bond donors (Lipinski definition) is 2. The van der Waals surface area contributed by atoms with Gasteiger partial charge in [0, 0.05) is 43.5 Å². The van der Waals surface area contributed by atoms with Gasteiger partial charge < -0.3 is 20.7 Å². The summed E-state index contributed by atoms with van der Waals surface area (Å²) in [4.78, 5) is 18.2. The molecular formula is C14H24N4O2. The average Bonchev–Trinajstić information content (AvgIpc) is 2.27. The molecule has 20 heavy (non-hydrogen) atoms. The first-order valence-corrected chi connectivity index (χ1v) is 7.04. The number of rotatable bonds is 2. The number of nitrogens with zero attached hydrogens (tertiary/aromatic N) is 2. The lowest BCUT2D eigenvalue weighted by atomic mass is 10.1. The second-order valence-electron chi connectivity index (χ2n) is 6.29. The average molecular weight is 280 g/mol. The number of amides is 1. The lowest BCUT2D eigenvalue weighted by molar-refractivity contribution is 0.0263. The Morgan fingerprint density at radius 3 is 2.75 bits per heavy atom. The standard InChI is InChI=1S/C14H24N4O2/c1-14(2,3)20-13(19)18-5-4-12(15)10(9-18)6-17-11-7-16-8-11/h6,11,16H,4-5,7-9,15H2,1-3H3. The molecule has 1 amide bonds. The smallest absolute Gasteiger partial charge is 0.410 e. The Kier molecular flexibility index (Phi) is 4.32. The lowest BCUT2D eigenvalue weighted by Crippen LogP contribution is -2.46. The van der Waals surface area contributed by atoms with Gasteiger partial charge >= 0.3 is 6.09 Å². The van der Waals surface area contributed by atoms with Gasteiger partial charge in [0.2, 0.25) is 0 Å². The summed E-state index contributed by atoms with van der Waals surface area (Å²) in [7, 11) is 0. The maximum absolute atomic E-state index is 12.1. The fourth-order valence-electron chi connectivity index (χ4n) is 1.98. The molecular weight excluding hydrogens is 256 g/mol. The summed E-state index contributed by atoms with van der Waals surface area (Å²) in [5.41, 5.74) is 7.28. The van der Waals surface area contributed by atoms with Gasteiger partial charge in [-0.25, -0.2) is 4.79 Å². The second-order valence-corrected chi connectivity index (χ2v) is 6.29. The van der Waals surface area contributed by atoms with Crippen LogP contribution in [0, 0.1) is 0 Å². The van der Waals surface area contributed by atoms with E-state index in [9.17, 15) is 4.79 Å². The van der Waals surface area contributed by atoms with Gasteiger partial charge in [0.25, 0.3) is 0 Å². The molecule has 0 radical (unpaired) electrons. The van der Waals surface area contributed by atoms with E-state index in [-0.39, 0.29) is 6.09 Å². The Hall–Kier alpha value is -1.56. The predicted octanol–water partition coefficient (Wildman–Crippen LogP) is 0.883. The van der Waals surface area contributed by atoms with Crippen molar-refractivity contribution in [3.8, 4) is 0 Å². The molecule has 2 aliphatic heterocycles. The largest absolute Gasteiger partial charge is 0.444 e. The summed E-state index contributed by atoms with van der Waals surface area (Å²) in [6.07, 6.45) is 2.20. The van der Waals surface area contributed by atoms with Crippen molar-refractivity contribution in [1.29, 1.82) is 0 Å². The van der Waals surface area contributed by atoms with Crippen molar-refractivity contribution in [2.45, 2.75) is 38.8 Å². The zero-order valence-electron chi connectivity index (χ0n) is 12.5. The summed E-state index contributed by atoms with van der Waals surface area (Å²) in [6, 6.07) is 0.340. The molecule has 0 aromatic heterocycles. The van der Waals surface area contributed by atoms with Crippen LogP contribution in [0.5, 0.6) is 0 Å². The topological polar surface area (TPSA) is 80.0 Å². The van der Waals surface area contributed by atoms with Crippen molar-refractivity contribution in [3.05, 3.63) is 11.3 Å². The lowest BCUT2D eigenvalue weighted by Gasteiger charge is -2.31. The summed E-state index contributed by atoms with van der Waals surface area (Å²) >= 11 is 0. The molecule has 0 spiro atoms. The predicted molar refractivity (Wildman–Crippen MR) is 78.8 cm³/mol. The molecule has 112 valence electrons. The fraction of sp³-hybridized carbons (Fsp3) is 0.714. The Bertz CT molecular complexity index is 433. The van der Waals surface area contributed by atoms with E-state index < -0.39 is 5.60 Å². The fourth-order valence-corrected chi connectivity index (χ4v) is 1.98. The van der Waals surface area contributed by atoms with Crippen molar-refractivity contribution in [3.63, 3.8) is 0 Å². The zero-order chi connectivity index (χ0) is 14.8. The highest BCUT2D eigenvalue weighted by Gasteiger charge is 2.26. The van der Waals surface area contributed by atoms with Crippen molar-refractivity contribution in [1.82, 2.24) is 10.2 Å². The maximum Gasteiger partial charge on any atom is 0.410 e. The Morgan fingerprint density at radius 1 is 1.50 bits per heavy atom. The van der Waals surface area contributed by atoms with Gasteiger partial charge in [-0.1, -0.05) is 0 Å². The Morgan fingerprint density at radius 2 is 2.20 bits per heavy atom. The SMILES string of the molecule is CC(C)(C)OC(=O)N1CCC(N)=C(C=NC2CNC2)C1. The van der Waals surface area contributed by atoms with Gasteiger partial charge in [-0.15, -0.1) is 0 Å². The highest BCUT2D eigenvalue weighted by atomic mass is 16.6. The molecule has 0 atom stereocenters. The van der Waals surface area contributed by atoms with Gasteiger partial charge in [0.15, 0.2) is 0 Å². The van der Waals surface area contributed by atoms with Crippen molar-refractivity contribution in [2.24, 2.45) is 10.7 Å². The highest BCUT2D eigenvalue weighted by molar-refractivity contribution is 5.82. The van der Waals surface area contributed by atoms with Gasteiger partial charge in [-0.3, -0.25) is 4.99 Å². The van der Waals surface area contributed by atoms with E-state index >= 15 is 0 Å². The van der Waals surface area contributed by atoms with E-state index in [0.717, 1.165) is 24.4 Å². The van der Waals surface area contributed by atoms with Crippen LogP contribution in [0.4, 0.5) is 4.79 Å². The molecule has 0 aromatic carbocycles. The van der Waals surface area contributed by atoms with Crippen LogP contribution in [-0.4, -0.2) is 55.0 Å². The van der Waals surface area contributed by atoms with Gasteiger partial charge in [0.1, 0.15) is 5.60 Å². The maximum atomic E-state index is 12.1. The number of ether oxygens (including phenoxy) is 1. The summed E-state index contributed by atoms with van der Waals surface area (Å²) in [5.74, 6) is 0. The third kappa shape index (κ3) is 3.96. The molecule has 0 saturated carbocycles. The number of hydrogen-bond acceptors (Lipinski definition) is 5. The second kappa shape index (κ2) is 5.83. The molecule has 1 saturated heterocycles. The Labute approximate surface area is 120 Å². The minimum Gasteiger partial charge on any atom is -0.444 e. The Balaban J connectivity index is 1.96. The van der Waals surface area contributed by atoms with Crippen LogP contribution in [0.1, 0.15) is 27.2 Å². The molecule has 6 heteroatoms. The molecule has 2 aliphatic rings. The zero-order valence-corrected chi connectivity index (χ0v) is 12.5. The van der Waals surface area contributed by atoms with Crippen LogP contribution < -0.4 is 11.1 Å². The molecule has 0 aromatic rings. The number of carbonyl (C=O) groups is 1. The van der Waals surface area contributed by atoms with Crippen LogP contribution in [0.2, 0.25) is 0 Å². The first-order valence-electron chi connectivity index (χ1n) is 7.04. The van der Waals surface area contributed by atoms with Crippen LogP contribution in [0.25, 0.3) is 0 Å². The molecule has 0 unspecified atom stereocenters. The molecule has 1 fully saturated rings. The third-order valence-corrected chi connectivity index (χ3v) is 3.28. The number of nitrogens with two attached hydrogens (primary N) is 1. The molecule has 6 nitrogen and oxygen atoms in total. The molecule has 2 heterocycles. The highest BCUT2D eigenvalue weighted by Crippen LogP contribution is 2.17. The first-order chi connectivity index (χ1) is 9.35. The normalized spacial score (nSPS) is 21.2. The van der Waals surface area contributed by atoms with E-state index in [1.54, 1.807) is 4.90 Å². The monoisotopic (exact) mass is 280 g/mol. The van der Waals surface area contributed by atoms with E-state index in [4.69, 9.17) is 10.5 Å². The minimum absolute atomic E-state index is 0.291. The number of nitrogens with one attached hydrogen (secondary N) is 1. The summed E-state index contributed by atoms with van der Waals surface area (Å²) in [6.45, 7) is 8.51. The summed E-state index contributed by atoms with van der Waals surface area (Å²) < 4.78 is 5.39. The van der Waals surface area contributed by atoms with Crippen LogP contribution >= 0.6 is 0 Å². The van der Waals surface area contributed by atoms with Crippen LogP contribution in [0.15, 0.2) is 16.3 Å². The van der Waals surface area contributed by atoms with Crippen molar-refractivity contribution < 1.29 is 9.53 Å². The van der Waals surface area contributed by atoms with E-state index in [0.29, 0.717) is 25.6 Å². The van der Waals surface area contributed by atoms with Gasteiger partial charge in [-0.2, -0.15) is 0 Å². The molecule has 3 N–H and O–H groups in total. The molecule has 2 rings (SSSR count). The molecule has 0 aliphatic carbocycles. The first kappa shape index (κ1) is 14.8. The third-order valence-electron chi connectivity index (χ3n) is 3.28. The summed E-state index contributed by atoms with van der Waals surface area (Å²) in [5, 5.41) is 3.17. The van der Waals surface area contributed by atoms with Gasteiger partial charge in [0.05, 0.1) is 12.6 Å². The number of aliphatic imine (C=N–C) groups is 1. The van der Waals surface area contributed by atoms with Crippen molar-refractivity contribution >= 4 is 12.3 Å². The van der Waals surface area contributed by atoms with Crippen LogP contribution in [0.3, 0.4) is 0 Å². The van der Waals surface area contributed by atoms with Crippen LogP contribution in [-0.2, 0) is 4.74 Å². The van der Waals surface area contributed by atoms with Gasteiger partial charge in [-0.05, 0) is 20.8 Å². The molecule has 0 bridgehead atoms. The van der Waals surface area contributed by atoms with E-state index in [1.807, 2.05) is 27.0 Å². The quantitative estimate of drug-likeness (QED) is 0.736. The minimum atomic E-state index is -0.477. The number of carbonyl (C=O) groups excluding carboxylic acids is 1. The van der Waals surface area contributed by atoms with E-state index in [1.165, 1.54) is 0 Å². The van der Waals surface area contributed by atoms with E-state index in [2.05, 4.69) is 10.3 Å².